The van der Waals surface area contributed by atoms with Gasteiger partial charge in [-0.2, -0.15) is 0 Å². The second kappa shape index (κ2) is 8.89. The molecule has 0 aliphatic carbocycles. The van der Waals surface area contributed by atoms with Crippen molar-refractivity contribution in [2.45, 2.75) is 40.0 Å². The summed E-state index contributed by atoms with van der Waals surface area (Å²) in [5.74, 6) is 0.789. The molecule has 0 saturated heterocycles. The maximum Gasteiger partial charge on any atom is 0.213 e. The largest absolute Gasteiger partial charge is 0.317 e. The summed E-state index contributed by atoms with van der Waals surface area (Å²) in [5.41, 5.74) is 0. The van der Waals surface area contributed by atoms with Crippen LogP contribution in [0, 0.1) is 5.92 Å². The third-order valence-corrected chi connectivity index (χ3v) is 4.62. The Kier molecular flexibility index (Phi) is 8.82. The normalized spacial score (nSPS) is 12.6. The van der Waals surface area contributed by atoms with Gasteiger partial charge in [0.15, 0.2) is 0 Å². The number of rotatable bonds is 10. The van der Waals surface area contributed by atoms with E-state index in [2.05, 4.69) is 26.1 Å². The average molecular weight is 264 g/mol. The third kappa shape index (κ3) is 8.57. The van der Waals surface area contributed by atoms with Crippen molar-refractivity contribution in [3.05, 3.63) is 0 Å². The smallest absolute Gasteiger partial charge is 0.213 e. The van der Waals surface area contributed by atoms with E-state index in [9.17, 15) is 8.42 Å². The Bertz CT molecular complexity index is 276. The summed E-state index contributed by atoms with van der Waals surface area (Å²) in [6.07, 6.45) is 2.69. The van der Waals surface area contributed by atoms with E-state index < -0.39 is 10.0 Å². The van der Waals surface area contributed by atoms with Crippen molar-refractivity contribution in [2.75, 3.05) is 32.4 Å². The molecule has 0 radical (unpaired) electrons. The van der Waals surface area contributed by atoms with E-state index in [1.54, 1.807) is 7.05 Å². The van der Waals surface area contributed by atoms with E-state index in [0.29, 0.717) is 18.9 Å². The summed E-state index contributed by atoms with van der Waals surface area (Å²) < 4.78 is 25.2. The van der Waals surface area contributed by atoms with Crippen LogP contribution in [0.4, 0.5) is 0 Å². The highest BCUT2D eigenvalue weighted by molar-refractivity contribution is 7.89. The van der Waals surface area contributed by atoms with E-state index in [-0.39, 0.29) is 5.75 Å². The Hall–Kier alpha value is -0.130. The highest BCUT2D eigenvalue weighted by Gasteiger charge is 2.16. The van der Waals surface area contributed by atoms with Crippen LogP contribution in [0.15, 0.2) is 0 Å². The first-order chi connectivity index (χ1) is 7.90. The number of nitrogens with one attached hydrogen (secondary N) is 1. The SMILES string of the molecule is CCCNCCCS(=O)(=O)N(C)CCC(C)C. The lowest BCUT2D eigenvalue weighted by Crippen LogP contribution is -2.32. The fourth-order valence-electron chi connectivity index (χ4n) is 1.42. The Morgan fingerprint density at radius 1 is 1.24 bits per heavy atom. The monoisotopic (exact) mass is 264 g/mol. The molecule has 0 aromatic heterocycles. The van der Waals surface area contributed by atoms with Gasteiger partial charge < -0.3 is 5.32 Å². The molecule has 0 saturated carbocycles. The molecule has 104 valence electrons. The maximum atomic E-state index is 11.9. The molecular weight excluding hydrogens is 236 g/mol. The van der Waals surface area contributed by atoms with Crippen LogP contribution in [0.25, 0.3) is 0 Å². The molecule has 0 atom stereocenters. The summed E-state index contributed by atoms with van der Waals surface area (Å²) in [4.78, 5) is 0. The molecule has 0 heterocycles. The number of nitrogens with zero attached hydrogens (tertiary/aromatic N) is 1. The van der Waals surface area contributed by atoms with Gasteiger partial charge >= 0.3 is 0 Å². The lowest BCUT2D eigenvalue weighted by molar-refractivity contribution is 0.427. The highest BCUT2D eigenvalue weighted by Crippen LogP contribution is 2.05. The van der Waals surface area contributed by atoms with Crippen molar-refractivity contribution in [1.82, 2.24) is 9.62 Å². The van der Waals surface area contributed by atoms with Gasteiger partial charge in [-0.3, -0.25) is 0 Å². The molecular formula is C12H28N2O2S. The lowest BCUT2D eigenvalue weighted by Gasteiger charge is -2.18. The van der Waals surface area contributed by atoms with Crippen molar-refractivity contribution in [3.63, 3.8) is 0 Å². The Labute approximate surface area is 107 Å². The van der Waals surface area contributed by atoms with Gasteiger partial charge in [0, 0.05) is 13.6 Å². The molecule has 0 spiro atoms. The summed E-state index contributed by atoms with van der Waals surface area (Å²) in [5, 5.41) is 3.21. The van der Waals surface area contributed by atoms with Gasteiger partial charge in [0.25, 0.3) is 0 Å². The number of hydrogen-bond donors (Lipinski definition) is 1. The quantitative estimate of drug-likeness (QED) is 0.611. The minimum atomic E-state index is -3.05. The van der Waals surface area contributed by atoms with Gasteiger partial charge in [-0.1, -0.05) is 20.8 Å². The molecule has 1 N–H and O–H groups in total. The molecule has 0 aliphatic heterocycles. The van der Waals surface area contributed by atoms with Crippen LogP contribution >= 0.6 is 0 Å². The maximum absolute atomic E-state index is 11.9. The third-order valence-electron chi connectivity index (χ3n) is 2.68. The molecule has 0 aliphatic rings. The molecule has 0 aromatic carbocycles. The van der Waals surface area contributed by atoms with Crippen molar-refractivity contribution in [2.24, 2.45) is 5.92 Å². The first kappa shape index (κ1) is 16.9. The zero-order valence-corrected chi connectivity index (χ0v) is 12.5. The molecule has 5 heteroatoms. The van der Waals surface area contributed by atoms with Crippen molar-refractivity contribution in [3.8, 4) is 0 Å². The summed E-state index contributed by atoms with van der Waals surface area (Å²) in [6.45, 7) is 8.68. The second-order valence-corrected chi connectivity index (χ2v) is 7.12. The minimum Gasteiger partial charge on any atom is -0.317 e. The van der Waals surface area contributed by atoms with Crippen LogP contribution in [-0.4, -0.2) is 45.2 Å². The van der Waals surface area contributed by atoms with Gasteiger partial charge in [0.1, 0.15) is 0 Å². The van der Waals surface area contributed by atoms with Gasteiger partial charge in [-0.25, -0.2) is 12.7 Å². The van der Waals surface area contributed by atoms with Crippen LogP contribution < -0.4 is 5.32 Å². The molecule has 0 fully saturated rings. The molecule has 0 amide bonds. The van der Waals surface area contributed by atoms with Gasteiger partial charge in [-0.05, 0) is 38.3 Å². The number of hydrogen-bond acceptors (Lipinski definition) is 3. The molecule has 0 unspecified atom stereocenters. The topological polar surface area (TPSA) is 49.4 Å². The van der Waals surface area contributed by atoms with E-state index in [0.717, 1.165) is 25.9 Å². The first-order valence-electron chi connectivity index (χ1n) is 6.55. The Morgan fingerprint density at radius 3 is 2.41 bits per heavy atom. The fraction of sp³-hybridized carbons (Fsp3) is 1.00. The lowest BCUT2D eigenvalue weighted by atomic mass is 10.1. The molecule has 0 bridgehead atoms. The predicted molar refractivity (Wildman–Crippen MR) is 73.6 cm³/mol. The number of sulfonamides is 1. The van der Waals surface area contributed by atoms with E-state index in [1.165, 1.54) is 4.31 Å². The molecule has 0 aromatic rings. The molecule has 0 rings (SSSR count). The second-order valence-electron chi connectivity index (χ2n) is 4.92. The summed E-state index contributed by atoms with van der Waals surface area (Å²) in [6, 6.07) is 0. The van der Waals surface area contributed by atoms with E-state index in [1.807, 2.05) is 0 Å². The van der Waals surface area contributed by atoms with Gasteiger partial charge in [0.2, 0.25) is 10.0 Å². The van der Waals surface area contributed by atoms with E-state index in [4.69, 9.17) is 0 Å². The molecule has 4 nitrogen and oxygen atoms in total. The summed E-state index contributed by atoms with van der Waals surface area (Å²) >= 11 is 0. The van der Waals surface area contributed by atoms with Crippen LogP contribution in [0.5, 0.6) is 0 Å². The summed E-state index contributed by atoms with van der Waals surface area (Å²) in [7, 11) is -1.37. The minimum absolute atomic E-state index is 0.248. The van der Waals surface area contributed by atoms with Gasteiger partial charge in [-0.15, -0.1) is 0 Å². The van der Waals surface area contributed by atoms with E-state index >= 15 is 0 Å². The van der Waals surface area contributed by atoms with Crippen LogP contribution in [0.2, 0.25) is 0 Å². The average Bonchev–Trinajstić information content (AvgIpc) is 2.25. The fourth-order valence-corrected chi connectivity index (χ4v) is 2.62. The van der Waals surface area contributed by atoms with Crippen LogP contribution in [-0.2, 0) is 10.0 Å². The predicted octanol–water partition coefficient (Wildman–Crippen LogP) is 1.68. The van der Waals surface area contributed by atoms with Crippen molar-refractivity contribution < 1.29 is 8.42 Å². The Balaban J connectivity index is 3.85. The molecule has 17 heavy (non-hydrogen) atoms. The van der Waals surface area contributed by atoms with Crippen LogP contribution in [0.3, 0.4) is 0 Å². The Morgan fingerprint density at radius 2 is 1.88 bits per heavy atom. The first-order valence-corrected chi connectivity index (χ1v) is 8.15. The highest BCUT2D eigenvalue weighted by atomic mass is 32.2. The van der Waals surface area contributed by atoms with Crippen LogP contribution in [0.1, 0.15) is 40.0 Å². The van der Waals surface area contributed by atoms with Crippen molar-refractivity contribution >= 4 is 10.0 Å². The zero-order chi connectivity index (χ0) is 13.3. The van der Waals surface area contributed by atoms with Crippen molar-refractivity contribution in [1.29, 1.82) is 0 Å². The van der Waals surface area contributed by atoms with Gasteiger partial charge in [0.05, 0.1) is 5.75 Å². The zero-order valence-electron chi connectivity index (χ0n) is 11.7. The standard InChI is InChI=1S/C12H28N2O2S/c1-5-8-13-9-6-11-17(15,16)14(4)10-7-12(2)3/h12-13H,5-11H2,1-4H3.